The molecule has 0 saturated heterocycles. The molecule has 0 fully saturated rings. The molecule has 4 N–H and O–H groups in total. The third kappa shape index (κ3) is 3.28. The molecule has 20 heavy (non-hydrogen) atoms. The molecule has 0 bridgehead atoms. The summed E-state index contributed by atoms with van der Waals surface area (Å²) in [5.74, 6) is -0.129. The second-order valence-electron chi connectivity index (χ2n) is 4.69. The lowest BCUT2D eigenvalue weighted by Crippen LogP contribution is -2.23. The van der Waals surface area contributed by atoms with Gasteiger partial charge in [0.15, 0.2) is 0 Å². The zero-order chi connectivity index (χ0) is 14.5. The van der Waals surface area contributed by atoms with Gasteiger partial charge < -0.3 is 20.9 Å². The zero-order valence-electron chi connectivity index (χ0n) is 11.6. The van der Waals surface area contributed by atoms with Crippen molar-refractivity contribution >= 4 is 17.3 Å². The Hall–Kier alpha value is -2.50. The van der Waals surface area contributed by atoms with Crippen LogP contribution in [0.2, 0.25) is 0 Å². The minimum Gasteiger partial charge on any atom is -0.397 e. The number of amides is 1. The molecule has 1 aromatic carbocycles. The van der Waals surface area contributed by atoms with Crippen LogP contribution in [0.3, 0.4) is 0 Å². The van der Waals surface area contributed by atoms with Gasteiger partial charge in [0, 0.05) is 37.6 Å². The fourth-order valence-corrected chi connectivity index (χ4v) is 1.99. The average molecular weight is 273 g/mol. The van der Waals surface area contributed by atoms with Gasteiger partial charge in [-0.3, -0.25) is 4.79 Å². The molecule has 6 heteroatoms. The third-order valence-electron chi connectivity index (χ3n) is 2.99. The van der Waals surface area contributed by atoms with Crippen molar-refractivity contribution in [1.29, 1.82) is 0 Å². The molecule has 1 unspecified atom stereocenters. The lowest BCUT2D eigenvalue weighted by atomic mass is 10.1. The van der Waals surface area contributed by atoms with Crippen LogP contribution in [-0.4, -0.2) is 28.5 Å². The summed E-state index contributed by atoms with van der Waals surface area (Å²) in [5.41, 5.74) is 7.91. The first-order valence-corrected chi connectivity index (χ1v) is 6.44. The van der Waals surface area contributed by atoms with Crippen molar-refractivity contribution in [3.63, 3.8) is 0 Å². The molecule has 0 aliphatic carbocycles. The lowest BCUT2D eigenvalue weighted by molar-refractivity contribution is 0.0963. The first-order chi connectivity index (χ1) is 9.60. The van der Waals surface area contributed by atoms with Crippen molar-refractivity contribution in [2.45, 2.75) is 19.5 Å². The summed E-state index contributed by atoms with van der Waals surface area (Å²) < 4.78 is 1.98. The van der Waals surface area contributed by atoms with E-state index in [-0.39, 0.29) is 11.9 Å². The molecule has 0 radical (unpaired) electrons. The fourth-order valence-electron chi connectivity index (χ4n) is 1.99. The number of aromatic nitrogens is 2. The number of nitrogens with one attached hydrogen (secondary N) is 2. The van der Waals surface area contributed by atoms with Crippen molar-refractivity contribution in [1.82, 2.24) is 14.9 Å². The Bertz CT molecular complexity index is 579. The van der Waals surface area contributed by atoms with Gasteiger partial charge in [0.1, 0.15) is 0 Å². The molecule has 0 aliphatic rings. The Morgan fingerprint density at radius 3 is 2.95 bits per heavy atom. The second-order valence-corrected chi connectivity index (χ2v) is 4.69. The SMILES string of the molecule is CNC(=O)c1ccc(N)c(NC(C)Cn2ccnc2)c1. The smallest absolute Gasteiger partial charge is 0.251 e. The van der Waals surface area contributed by atoms with Crippen LogP contribution in [0.25, 0.3) is 0 Å². The summed E-state index contributed by atoms with van der Waals surface area (Å²) in [6.45, 7) is 2.82. The van der Waals surface area contributed by atoms with Gasteiger partial charge in [-0.25, -0.2) is 4.98 Å². The van der Waals surface area contributed by atoms with Crippen molar-refractivity contribution in [3.8, 4) is 0 Å². The van der Waals surface area contributed by atoms with Gasteiger partial charge in [0.25, 0.3) is 5.91 Å². The Morgan fingerprint density at radius 1 is 1.50 bits per heavy atom. The molecule has 0 aliphatic heterocycles. The van der Waals surface area contributed by atoms with Crippen LogP contribution < -0.4 is 16.4 Å². The second kappa shape index (κ2) is 6.10. The summed E-state index contributed by atoms with van der Waals surface area (Å²) in [5, 5.41) is 5.91. The van der Waals surface area contributed by atoms with Crippen LogP contribution in [0, 0.1) is 0 Å². The largest absolute Gasteiger partial charge is 0.397 e. The Balaban J connectivity index is 2.09. The third-order valence-corrected chi connectivity index (χ3v) is 2.99. The van der Waals surface area contributed by atoms with E-state index in [1.54, 1.807) is 37.8 Å². The van der Waals surface area contributed by atoms with E-state index >= 15 is 0 Å². The Labute approximate surface area is 118 Å². The molecule has 1 heterocycles. The van der Waals surface area contributed by atoms with Crippen LogP contribution in [0.1, 0.15) is 17.3 Å². The molecule has 106 valence electrons. The van der Waals surface area contributed by atoms with Crippen LogP contribution in [-0.2, 0) is 6.54 Å². The predicted octanol–water partition coefficient (Wildman–Crippen LogP) is 1.33. The van der Waals surface area contributed by atoms with Crippen LogP contribution in [0.5, 0.6) is 0 Å². The number of nitrogen functional groups attached to an aromatic ring is 1. The van der Waals surface area contributed by atoms with Gasteiger partial charge in [0.05, 0.1) is 17.7 Å². The van der Waals surface area contributed by atoms with Crippen molar-refractivity contribution < 1.29 is 4.79 Å². The summed E-state index contributed by atoms with van der Waals surface area (Å²) in [6, 6.07) is 5.36. The number of carbonyl (C=O) groups is 1. The van der Waals surface area contributed by atoms with Gasteiger partial charge in [0.2, 0.25) is 0 Å². The highest BCUT2D eigenvalue weighted by atomic mass is 16.1. The molecule has 6 nitrogen and oxygen atoms in total. The van der Waals surface area contributed by atoms with E-state index in [1.165, 1.54) is 0 Å². The van der Waals surface area contributed by atoms with Crippen molar-refractivity contribution in [2.75, 3.05) is 18.1 Å². The summed E-state index contributed by atoms with van der Waals surface area (Å²) >= 11 is 0. The number of benzene rings is 1. The minimum absolute atomic E-state index is 0.129. The topological polar surface area (TPSA) is 85.0 Å². The molecule has 1 amide bonds. The number of imidazole rings is 1. The molecule has 0 saturated carbocycles. The molecule has 0 spiro atoms. The summed E-state index contributed by atoms with van der Waals surface area (Å²) in [4.78, 5) is 15.6. The lowest BCUT2D eigenvalue weighted by Gasteiger charge is -2.18. The standard InChI is InChI=1S/C14H19N5O/c1-10(8-19-6-5-17-9-19)18-13-7-11(14(20)16-2)3-4-12(13)15/h3-7,9-10,18H,8,15H2,1-2H3,(H,16,20). The minimum atomic E-state index is -0.129. The summed E-state index contributed by atoms with van der Waals surface area (Å²) in [6.07, 6.45) is 5.41. The van der Waals surface area contributed by atoms with Gasteiger partial charge in [-0.1, -0.05) is 0 Å². The highest BCUT2D eigenvalue weighted by Gasteiger charge is 2.09. The maximum Gasteiger partial charge on any atom is 0.251 e. The Kier molecular flexibility index (Phi) is 4.24. The number of anilines is 2. The molecular weight excluding hydrogens is 254 g/mol. The fraction of sp³-hybridized carbons (Fsp3) is 0.286. The van der Waals surface area contributed by atoms with Crippen LogP contribution in [0.15, 0.2) is 36.9 Å². The van der Waals surface area contributed by atoms with E-state index in [0.29, 0.717) is 11.3 Å². The number of carbonyl (C=O) groups excluding carboxylic acids is 1. The zero-order valence-corrected chi connectivity index (χ0v) is 11.6. The number of hydrogen-bond donors (Lipinski definition) is 3. The number of hydrogen-bond acceptors (Lipinski definition) is 4. The average Bonchev–Trinajstić information content (AvgIpc) is 2.93. The predicted molar refractivity (Wildman–Crippen MR) is 79.6 cm³/mol. The van der Waals surface area contributed by atoms with Crippen LogP contribution >= 0.6 is 0 Å². The first-order valence-electron chi connectivity index (χ1n) is 6.44. The van der Waals surface area contributed by atoms with E-state index in [0.717, 1.165) is 12.2 Å². The van der Waals surface area contributed by atoms with Gasteiger partial charge in [-0.05, 0) is 25.1 Å². The normalized spacial score (nSPS) is 11.9. The molecular formula is C14H19N5O. The molecule has 2 aromatic rings. The number of nitrogens with two attached hydrogens (primary N) is 1. The Morgan fingerprint density at radius 2 is 2.30 bits per heavy atom. The van der Waals surface area contributed by atoms with Crippen molar-refractivity contribution in [3.05, 3.63) is 42.5 Å². The molecule has 1 atom stereocenters. The quantitative estimate of drug-likeness (QED) is 0.717. The number of rotatable bonds is 5. The van der Waals surface area contributed by atoms with Crippen LogP contribution in [0.4, 0.5) is 11.4 Å². The van der Waals surface area contributed by atoms with E-state index in [9.17, 15) is 4.79 Å². The molecule has 2 rings (SSSR count). The van der Waals surface area contributed by atoms with Gasteiger partial charge in [-0.15, -0.1) is 0 Å². The maximum absolute atomic E-state index is 11.6. The van der Waals surface area contributed by atoms with Gasteiger partial charge >= 0.3 is 0 Å². The maximum atomic E-state index is 11.6. The molecule has 1 aromatic heterocycles. The number of nitrogens with zero attached hydrogens (tertiary/aromatic N) is 2. The first kappa shape index (κ1) is 13.9. The highest BCUT2D eigenvalue weighted by Crippen LogP contribution is 2.21. The van der Waals surface area contributed by atoms with E-state index < -0.39 is 0 Å². The van der Waals surface area contributed by atoms with Crippen molar-refractivity contribution in [2.24, 2.45) is 0 Å². The van der Waals surface area contributed by atoms with E-state index in [4.69, 9.17) is 5.73 Å². The monoisotopic (exact) mass is 273 g/mol. The van der Waals surface area contributed by atoms with E-state index in [1.807, 2.05) is 17.7 Å². The van der Waals surface area contributed by atoms with E-state index in [2.05, 4.69) is 15.6 Å². The van der Waals surface area contributed by atoms with Gasteiger partial charge in [-0.2, -0.15) is 0 Å². The summed E-state index contributed by atoms with van der Waals surface area (Å²) in [7, 11) is 1.60. The highest BCUT2D eigenvalue weighted by molar-refractivity contribution is 5.96.